The van der Waals surface area contributed by atoms with Gasteiger partial charge in [0.05, 0.1) is 16.3 Å². The van der Waals surface area contributed by atoms with Gasteiger partial charge in [-0.25, -0.2) is 19.3 Å². The predicted octanol–water partition coefficient (Wildman–Crippen LogP) is 4.30. The lowest BCUT2D eigenvalue weighted by Crippen LogP contribution is -1.98. The summed E-state index contributed by atoms with van der Waals surface area (Å²) in [7, 11) is 0. The number of nitrogens with zero attached hydrogens (tertiary/aromatic N) is 3. The zero-order valence-electron chi connectivity index (χ0n) is 15.0. The maximum Gasteiger partial charge on any atom is 0.227 e. The predicted molar refractivity (Wildman–Crippen MR) is 112 cm³/mol. The lowest BCUT2D eigenvalue weighted by Gasteiger charge is -2.07. The summed E-state index contributed by atoms with van der Waals surface area (Å²) in [6, 6.07) is 15.1. The summed E-state index contributed by atoms with van der Waals surface area (Å²) in [6.45, 7) is 0. The molecule has 0 saturated carbocycles. The van der Waals surface area contributed by atoms with Gasteiger partial charge in [-0.15, -0.1) is 0 Å². The van der Waals surface area contributed by atoms with Gasteiger partial charge >= 0.3 is 0 Å². The minimum Gasteiger partial charge on any atom is -0.375 e. The van der Waals surface area contributed by atoms with Crippen molar-refractivity contribution in [2.45, 2.75) is 0 Å². The zero-order chi connectivity index (χ0) is 20.2. The minimum absolute atomic E-state index is 0.322. The molecule has 2 heterocycles. The normalized spacial score (nSPS) is 10.5. The number of hydrogen-bond acceptors (Lipinski definition) is 7. The highest BCUT2D eigenvalue weighted by molar-refractivity contribution is 7.19. The van der Waals surface area contributed by atoms with E-state index >= 15 is 0 Å². The number of anilines is 4. The summed E-state index contributed by atoms with van der Waals surface area (Å²) in [6.07, 6.45) is 2.22. The number of halogens is 1. The van der Waals surface area contributed by atoms with Crippen LogP contribution in [0, 0.1) is 5.82 Å². The zero-order valence-corrected chi connectivity index (χ0v) is 15.8. The Bertz CT molecular complexity index is 1180. The van der Waals surface area contributed by atoms with Crippen LogP contribution in [0.5, 0.6) is 0 Å². The number of carbonyl (C=O) groups is 1. The number of thiazole rings is 1. The average molecular weight is 406 g/mol. The molecule has 0 aliphatic carbocycles. The van der Waals surface area contributed by atoms with Gasteiger partial charge in [0.1, 0.15) is 5.82 Å². The van der Waals surface area contributed by atoms with E-state index in [1.54, 1.807) is 36.5 Å². The maximum absolute atomic E-state index is 13.4. The molecule has 0 fully saturated rings. The van der Waals surface area contributed by atoms with Gasteiger partial charge in [0.15, 0.2) is 5.13 Å². The Morgan fingerprint density at radius 1 is 1.03 bits per heavy atom. The van der Waals surface area contributed by atoms with Crippen molar-refractivity contribution in [1.82, 2.24) is 15.0 Å². The van der Waals surface area contributed by atoms with Crippen molar-refractivity contribution in [3.63, 3.8) is 0 Å². The molecule has 0 aliphatic heterocycles. The highest BCUT2D eigenvalue weighted by Gasteiger charge is 2.16. The van der Waals surface area contributed by atoms with Crippen molar-refractivity contribution in [2.24, 2.45) is 0 Å². The van der Waals surface area contributed by atoms with Crippen LogP contribution in [0.3, 0.4) is 0 Å². The van der Waals surface area contributed by atoms with Gasteiger partial charge in [-0.2, -0.15) is 0 Å². The number of nitrogens with one attached hydrogen (secondary N) is 2. The lowest BCUT2D eigenvalue weighted by molar-refractivity contribution is -0.105. The quantitative estimate of drug-likeness (QED) is 0.412. The summed E-state index contributed by atoms with van der Waals surface area (Å²) in [4.78, 5) is 24.6. The molecule has 29 heavy (non-hydrogen) atoms. The van der Waals surface area contributed by atoms with Crippen LogP contribution in [0.25, 0.3) is 21.8 Å². The molecule has 2 aromatic heterocycles. The van der Waals surface area contributed by atoms with Gasteiger partial charge in [-0.1, -0.05) is 29.5 Å². The van der Waals surface area contributed by atoms with Crippen LogP contribution in [-0.4, -0.2) is 21.4 Å². The lowest BCUT2D eigenvalue weighted by atomic mass is 10.1. The molecule has 0 bridgehead atoms. The molecule has 0 radical (unpaired) electrons. The fraction of sp³-hybridized carbons (Fsp3) is 0. The Kier molecular flexibility index (Phi) is 5.12. The molecule has 0 spiro atoms. The number of nitrogens with two attached hydrogens (primary N) is 1. The maximum atomic E-state index is 13.4. The van der Waals surface area contributed by atoms with Gasteiger partial charge in [-0.05, 0) is 36.4 Å². The van der Waals surface area contributed by atoms with E-state index in [2.05, 4.69) is 25.6 Å². The Morgan fingerprint density at radius 3 is 2.69 bits per heavy atom. The van der Waals surface area contributed by atoms with Crippen molar-refractivity contribution >= 4 is 40.2 Å². The van der Waals surface area contributed by atoms with Crippen LogP contribution in [0.2, 0.25) is 0 Å². The number of hydrogen-bond donors (Lipinski definition) is 3. The molecule has 4 aromatic rings. The van der Waals surface area contributed by atoms with Crippen LogP contribution in [0.4, 0.5) is 26.8 Å². The standard InChI is InChI=1S/C20H15FN6OS/c21-13-4-2-6-15(10-13)25-20-23-8-7-16(26-20)18-17(27-19(22)29-18)12-3-1-5-14(9-12)24-11-28/h1-11H,(H2,22,27)(H,24,28)(H,23,25,26). The summed E-state index contributed by atoms with van der Waals surface area (Å²) in [5.74, 6) is -0.0325. The second-order valence-corrected chi connectivity index (χ2v) is 7.00. The smallest absolute Gasteiger partial charge is 0.227 e. The molecule has 2 aromatic carbocycles. The van der Waals surface area contributed by atoms with Crippen LogP contribution in [0.1, 0.15) is 0 Å². The Morgan fingerprint density at radius 2 is 1.86 bits per heavy atom. The van der Waals surface area contributed by atoms with E-state index in [4.69, 9.17) is 5.73 Å². The van der Waals surface area contributed by atoms with E-state index in [1.807, 2.05) is 12.1 Å². The van der Waals surface area contributed by atoms with E-state index in [0.717, 1.165) is 10.4 Å². The molecule has 4 N–H and O–H groups in total. The Balaban J connectivity index is 1.71. The SMILES string of the molecule is Nc1nc(-c2cccc(NC=O)c2)c(-c2ccnc(Nc3cccc(F)c3)n2)s1. The van der Waals surface area contributed by atoms with Gasteiger partial charge < -0.3 is 16.4 Å². The fourth-order valence-electron chi connectivity index (χ4n) is 2.77. The van der Waals surface area contributed by atoms with Crippen molar-refractivity contribution in [3.8, 4) is 21.8 Å². The monoisotopic (exact) mass is 406 g/mol. The molecular weight excluding hydrogens is 391 g/mol. The topological polar surface area (TPSA) is 106 Å². The van der Waals surface area contributed by atoms with Gasteiger partial charge in [0.2, 0.25) is 12.4 Å². The molecule has 144 valence electrons. The van der Waals surface area contributed by atoms with Gasteiger partial charge in [0, 0.05) is 23.1 Å². The highest BCUT2D eigenvalue weighted by Crippen LogP contribution is 2.38. The summed E-state index contributed by atoms with van der Waals surface area (Å²) in [5.41, 5.74) is 9.21. The number of aromatic nitrogens is 3. The summed E-state index contributed by atoms with van der Waals surface area (Å²) >= 11 is 1.30. The molecule has 9 heteroatoms. The number of carbonyl (C=O) groups excluding carboxylic acids is 1. The Hall–Kier alpha value is -3.85. The number of benzene rings is 2. The van der Waals surface area contributed by atoms with E-state index < -0.39 is 0 Å². The van der Waals surface area contributed by atoms with Crippen molar-refractivity contribution in [2.75, 3.05) is 16.4 Å². The van der Waals surface area contributed by atoms with Crippen molar-refractivity contribution < 1.29 is 9.18 Å². The number of rotatable bonds is 6. The van der Waals surface area contributed by atoms with E-state index in [1.165, 1.54) is 23.5 Å². The first-order valence-electron chi connectivity index (χ1n) is 8.55. The molecule has 4 rings (SSSR count). The second-order valence-electron chi connectivity index (χ2n) is 5.97. The van der Waals surface area contributed by atoms with Gasteiger partial charge in [-0.3, -0.25) is 4.79 Å². The molecule has 0 unspecified atom stereocenters. The molecule has 0 atom stereocenters. The first kappa shape index (κ1) is 18.5. The molecule has 7 nitrogen and oxygen atoms in total. The van der Waals surface area contributed by atoms with Crippen LogP contribution in [0.15, 0.2) is 60.8 Å². The fourth-order valence-corrected chi connectivity index (χ4v) is 3.60. The van der Waals surface area contributed by atoms with E-state index in [-0.39, 0.29) is 5.82 Å². The minimum atomic E-state index is -0.354. The van der Waals surface area contributed by atoms with Crippen LogP contribution < -0.4 is 16.4 Å². The molecule has 1 amide bonds. The summed E-state index contributed by atoms with van der Waals surface area (Å²) < 4.78 is 13.4. The molecule has 0 aliphatic rings. The largest absolute Gasteiger partial charge is 0.375 e. The molecular formula is C20H15FN6OS. The Labute approximate surface area is 169 Å². The van der Waals surface area contributed by atoms with Crippen molar-refractivity contribution in [1.29, 1.82) is 0 Å². The third-order valence-electron chi connectivity index (χ3n) is 3.97. The first-order valence-corrected chi connectivity index (χ1v) is 9.37. The average Bonchev–Trinajstić information content (AvgIpc) is 3.11. The van der Waals surface area contributed by atoms with E-state index in [0.29, 0.717) is 40.3 Å². The van der Waals surface area contributed by atoms with Crippen LogP contribution >= 0.6 is 11.3 Å². The highest BCUT2D eigenvalue weighted by atomic mass is 32.1. The third kappa shape index (κ3) is 4.19. The first-order chi connectivity index (χ1) is 14.1. The summed E-state index contributed by atoms with van der Waals surface area (Å²) in [5, 5.41) is 6.00. The number of nitrogen functional groups attached to an aromatic ring is 1. The molecule has 0 saturated heterocycles. The van der Waals surface area contributed by atoms with Crippen LogP contribution in [-0.2, 0) is 4.79 Å². The van der Waals surface area contributed by atoms with Crippen molar-refractivity contribution in [3.05, 3.63) is 66.6 Å². The van der Waals surface area contributed by atoms with Gasteiger partial charge in [0.25, 0.3) is 0 Å². The van der Waals surface area contributed by atoms with E-state index in [9.17, 15) is 9.18 Å². The third-order valence-corrected chi connectivity index (χ3v) is 4.88. The number of amides is 1. The second kappa shape index (κ2) is 8.03.